The van der Waals surface area contributed by atoms with Crippen LogP contribution in [-0.4, -0.2) is 24.4 Å². The quantitative estimate of drug-likeness (QED) is 0.797. The van der Waals surface area contributed by atoms with E-state index < -0.39 is 11.7 Å². The van der Waals surface area contributed by atoms with Crippen molar-refractivity contribution < 1.29 is 14.6 Å². The third-order valence-electron chi connectivity index (χ3n) is 4.53. The maximum Gasteiger partial charge on any atom is 0.125 e. The highest BCUT2D eigenvalue weighted by atomic mass is 16.5. The molecular weight excluding hydrogens is 264 g/mol. The maximum atomic E-state index is 11.0. The van der Waals surface area contributed by atoms with Gasteiger partial charge in [-0.1, -0.05) is 50.8 Å². The Labute approximate surface area is 128 Å². The number of para-hydroxylation sites is 1. The minimum absolute atomic E-state index is 0.470. The van der Waals surface area contributed by atoms with Crippen molar-refractivity contribution in [3.05, 3.63) is 29.8 Å². The van der Waals surface area contributed by atoms with Gasteiger partial charge in [-0.15, -0.1) is 0 Å². The molecule has 0 aromatic heterocycles. The number of benzene rings is 1. The first-order valence-electron chi connectivity index (χ1n) is 8.18. The molecule has 1 saturated carbocycles. The van der Waals surface area contributed by atoms with Crippen molar-refractivity contribution in [2.75, 3.05) is 13.7 Å². The van der Waals surface area contributed by atoms with Crippen LogP contribution in [0.4, 0.5) is 0 Å². The Morgan fingerprint density at radius 2 is 1.81 bits per heavy atom. The highest BCUT2D eigenvalue weighted by Gasteiger charge is 2.40. The number of hydrogen-bond donors (Lipinski definition) is 1. The van der Waals surface area contributed by atoms with Gasteiger partial charge in [-0.05, 0) is 25.3 Å². The van der Waals surface area contributed by atoms with Crippen molar-refractivity contribution in [1.82, 2.24) is 0 Å². The Kier molecular flexibility index (Phi) is 6.07. The summed E-state index contributed by atoms with van der Waals surface area (Å²) < 4.78 is 11.6. The zero-order valence-corrected chi connectivity index (χ0v) is 13.3. The average Bonchev–Trinajstić information content (AvgIpc) is 2.79. The van der Waals surface area contributed by atoms with E-state index in [1.54, 1.807) is 7.11 Å². The van der Waals surface area contributed by atoms with Crippen LogP contribution in [0, 0.1) is 0 Å². The molecule has 2 rings (SSSR count). The molecule has 1 unspecified atom stereocenters. The zero-order valence-electron chi connectivity index (χ0n) is 13.3. The summed E-state index contributed by atoms with van der Waals surface area (Å²) in [6, 6.07) is 7.81. The third-order valence-corrected chi connectivity index (χ3v) is 4.53. The van der Waals surface area contributed by atoms with Gasteiger partial charge in [0.15, 0.2) is 0 Å². The Morgan fingerprint density at radius 1 is 1.14 bits per heavy atom. The normalized spacial score (nSPS) is 19.8. The Balaban J connectivity index is 2.26. The van der Waals surface area contributed by atoms with Gasteiger partial charge in [0.25, 0.3) is 0 Å². The standard InChI is InChI=1S/C18H28O3/c1-3-14-21-16-11-7-6-10-15(16)17(19)18(20-2)12-8-4-5-9-13-18/h6-7,10-11,17,19H,3-5,8-9,12-14H2,1-2H3. The molecule has 1 atom stereocenters. The number of rotatable bonds is 6. The fraction of sp³-hybridized carbons (Fsp3) is 0.667. The van der Waals surface area contributed by atoms with Gasteiger partial charge in [0, 0.05) is 12.7 Å². The minimum atomic E-state index is -0.631. The van der Waals surface area contributed by atoms with Crippen molar-refractivity contribution in [3.8, 4) is 5.75 Å². The fourth-order valence-corrected chi connectivity index (χ4v) is 3.25. The predicted octanol–water partition coefficient (Wildman–Crippen LogP) is 4.25. The first kappa shape index (κ1) is 16.3. The highest BCUT2D eigenvalue weighted by Crippen LogP contribution is 2.42. The number of aliphatic hydroxyl groups is 1. The lowest BCUT2D eigenvalue weighted by Crippen LogP contribution is -2.38. The molecule has 1 aliphatic carbocycles. The SMILES string of the molecule is CCCOc1ccccc1C(O)C1(OC)CCCCCC1. The summed E-state index contributed by atoms with van der Waals surface area (Å²) in [4.78, 5) is 0. The Morgan fingerprint density at radius 3 is 2.43 bits per heavy atom. The van der Waals surface area contributed by atoms with E-state index in [-0.39, 0.29) is 0 Å². The van der Waals surface area contributed by atoms with Crippen molar-refractivity contribution in [2.24, 2.45) is 0 Å². The highest BCUT2D eigenvalue weighted by molar-refractivity contribution is 5.36. The van der Waals surface area contributed by atoms with Gasteiger partial charge >= 0.3 is 0 Å². The van der Waals surface area contributed by atoms with Gasteiger partial charge in [-0.2, -0.15) is 0 Å². The lowest BCUT2D eigenvalue weighted by atomic mass is 9.84. The van der Waals surface area contributed by atoms with Crippen molar-refractivity contribution in [1.29, 1.82) is 0 Å². The number of hydrogen-bond acceptors (Lipinski definition) is 3. The number of aliphatic hydroxyl groups excluding tert-OH is 1. The summed E-state index contributed by atoms with van der Waals surface area (Å²) in [6.45, 7) is 2.75. The van der Waals surface area contributed by atoms with Gasteiger partial charge in [-0.25, -0.2) is 0 Å². The minimum Gasteiger partial charge on any atom is -0.493 e. The molecule has 1 fully saturated rings. The molecule has 0 spiro atoms. The third kappa shape index (κ3) is 3.78. The molecule has 3 nitrogen and oxygen atoms in total. The molecular formula is C18H28O3. The van der Waals surface area contributed by atoms with Gasteiger partial charge in [0.2, 0.25) is 0 Å². The number of methoxy groups -OCH3 is 1. The molecule has 1 N–H and O–H groups in total. The summed E-state index contributed by atoms with van der Waals surface area (Å²) in [5, 5.41) is 11.0. The summed E-state index contributed by atoms with van der Waals surface area (Å²) >= 11 is 0. The maximum absolute atomic E-state index is 11.0. The van der Waals surface area contributed by atoms with Crippen LogP contribution >= 0.6 is 0 Å². The molecule has 0 radical (unpaired) electrons. The second-order valence-corrected chi connectivity index (χ2v) is 5.97. The summed E-state index contributed by atoms with van der Waals surface area (Å²) in [5.41, 5.74) is 0.386. The molecule has 3 heteroatoms. The van der Waals surface area contributed by atoms with Crippen LogP contribution in [0.1, 0.15) is 63.5 Å². The van der Waals surface area contributed by atoms with Gasteiger partial charge in [0.05, 0.1) is 12.2 Å². The van der Waals surface area contributed by atoms with E-state index in [1.165, 1.54) is 12.8 Å². The predicted molar refractivity (Wildman–Crippen MR) is 84.6 cm³/mol. The van der Waals surface area contributed by atoms with E-state index in [1.807, 2.05) is 24.3 Å². The lowest BCUT2D eigenvalue weighted by Gasteiger charge is -2.37. The first-order chi connectivity index (χ1) is 10.2. The Bertz CT molecular complexity index is 422. The molecule has 1 aliphatic rings. The lowest BCUT2D eigenvalue weighted by molar-refractivity contribution is -0.114. The van der Waals surface area contributed by atoms with Crippen LogP contribution < -0.4 is 4.74 Å². The first-order valence-corrected chi connectivity index (χ1v) is 8.18. The molecule has 118 valence electrons. The van der Waals surface area contributed by atoms with Crippen LogP contribution in [0.15, 0.2) is 24.3 Å². The molecule has 1 aromatic rings. The molecule has 0 amide bonds. The molecule has 1 aromatic carbocycles. The van der Waals surface area contributed by atoms with E-state index in [0.29, 0.717) is 6.61 Å². The van der Waals surface area contributed by atoms with Crippen LogP contribution in [0.25, 0.3) is 0 Å². The largest absolute Gasteiger partial charge is 0.493 e. The Hall–Kier alpha value is -1.06. The second-order valence-electron chi connectivity index (χ2n) is 5.97. The number of ether oxygens (including phenoxy) is 2. The molecule has 0 aliphatic heterocycles. The zero-order chi connectivity index (χ0) is 15.1. The van der Waals surface area contributed by atoms with Crippen LogP contribution in [-0.2, 0) is 4.74 Å². The molecule has 21 heavy (non-hydrogen) atoms. The van der Waals surface area contributed by atoms with E-state index in [0.717, 1.165) is 43.4 Å². The summed E-state index contributed by atoms with van der Waals surface area (Å²) in [6.07, 6.45) is 6.83. The van der Waals surface area contributed by atoms with Crippen LogP contribution in [0.2, 0.25) is 0 Å². The topological polar surface area (TPSA) is 38.7 Å². The monoisotopic (exact) mass is 292 g/mol. The molecule has 0 saturated heterocycles. The van der Waals surface area contributed by atoms with E-state index in [4.69, 9.17) is 9.47 Å². The van der Waals surface area contributed by atoms with E-state index in [9.17, 15) is 5.11 Å². The van der Waals surface area contributed by atoms with Gasteiger partial charge in [0.1, 0.15) is 11.9 Å². The van der Waals surface area contributed by atoms with Crippen molar-refractivity contribution in [3.63, 3.8) is 0 Å². The van der Waals surface area contributed by atoms with Crippen LogP contribution in [0.3, 0.4) is 0 Å². The average molecular weight is 292 g/mol. The van der Waals surface area contributed by atoms with Crippen molar-refractivity contribution >= 4 is 0 Å². The summed E-state index contributed by atoms with van der Waals surface area (Å²) in [5.74, 6) is 0.785. The molecule has 0 heterocycles. The smallest absolute Gasteiger partial charge is 0.125 e. The summed E-state index contributed by atoms with van der Waals surface area (Å²) in [7, 11) is 1.73. The van der Waals surface area contributed by atoms with Gasteiger partial charge < -0.3 is 14.6 Å². The van der Waals surface area contributed by atoms with E-state index >= 15 is 0 Å². The van der Waals surface area contributed by atoms with Crippen LogP contribution in [0.5, 0.6) is 5.75 Å². The van der Waals surface area contributed by atoms with Gasteiger partial charge in [-0.3, -0.25) is 0 Å². The van der Waals surface area contributed by atoms with E-state index in [2.05, 4.69) is 6.92 Å². The van der Waals surface area contributed by atoms with Crippen molar-refractivity contribution in [2.45, 2.75) is 63.6 Å². The fourth-order valence-electron chi connectivity index (χ4n) is 3.25. The second kappa shape index (κ2) is 7.81. The molecule has 0 bridgehead atoms.